The molecular weight excluding hydrogens is 528 g/mol. The van der Waals surface area contributed by atoms with Crippen molar-refractivity contribution in [3.8, 4) is 11.1 Å². The number of sulfone groups is 1. The van der Waals surface area contributed by atoms with E-state index in [4.69, 9.17) is 0 Å². The first kappa shape index (κ1) is 25.5. The maximum absolute atomic E-state index is 13.8. The van der Waals surface area contributed by atoms with Gasteiger partial charge in [-0.05, 0) is 41.5 Å². The normalized spacial score (nSPS) is 13.4. The lowest BCUT2D eigenvalue weighted by Gasteiger charge is -2.24. The van der Waals surface area contributed by atoms with Crippen molar-refractivity contribution in [2.24, 2.45) is 7.05 Å². The summed E-state index contributed by atoms with van der Waals surface area (Å²) in [7, 11) is -1.84. The number of nitrogens with one attached hydrogen (secondary N) is 2. The van der Waals surface area contributed by atoms with E-state index in [1.807, 2.05) is 0 Å². The number of urea groups is 1. The van der Waals surface area contributed by atoms with Gasteiger partial charge in [-0.25, -0.2) is 17.6 Å². The highest BCUT2D eigenvalue weighted by Gasteiger charge is 2.35. The minimum absolute atomic E-state index is 0.0578. The molecule has 2 aromatic heterocycles. The van der Waals surface area contributed by atoms with E-state index in [0.29, 0.717) is 45.5 Å². The van der Waals surface area contributed by atoms with Gasteiger partial charge in [0.25, 0.3) is 5.56 Å². The molecule has 0 saturated heterocycles. The number of H-pyrrole nitrogens is 1. The maximum atomic E-state index is 13.8. The Morgan fingerprint density at radius 1 is 1.13 bits per heavy atom. The van der Waals surface area contributed by atoms with E-state index in [-0.39, 0.29) is 29.1 Å². The number of alkyl halides is 3. The molecular formula is C25H20F4N4O4S. The molecule has 1 aliphatic heterocycles. The Bertz CT molecular complexity index is 1790. The number of carbonyl (C=O) groups is 1. The van der Waals surface area contributed by atoms with Crippen LogP contribution in [0.3, 0.4) is 0 Å². The van der Waals surface area contributed by atoms with Crippen molar-refractivity contribution in [2.45, 2.75) is 18.5 Å². The predicted octanol–water partition coefficient (Wildman–Crippen LogP) is 4.79. The summed E-state index contributed by atoms with van der Waals surface area (Å²) in [4.78, 5) is 30.4. The first-order chi connectivity index (χ1) is 17.7. The summed E-state index contributed by atoms with van der Waals surface area (Å²) < 4.78 is 78.6. The minimum Gasteiger partial charge on any atom is -0.356 e. The highest BCUT2D eigenvalue weighted by molar-refractivity contribution is 7.89. The molecule has 0 atom stereocenters. The zero-order valence-electron chi connectivity index (χ0n) is 20.0. The molecule has 198 valence electrons. The lowest BCUT2D eigenvalue weighted by molar-refractivity contribution is -0.139. The molecule has 2 aromatic carbocycles. The second kappa shape index (κ2) is 8.72. The molecule has 0 saturated carbocycles. The quantitative estimate of drug-likeness (QED) is 0.360. The summed E-state index contributed by atoms with van der Waals surface area (Å²) >= 11 is 0. The van der Waals surface area contributed by atoms with E-state index in [2.05, 4.69) is 10.3 Å². The lowest BCUT2D eigenvalue weighted by atomic mass is 9.99. The van der Waals surface area contributed by atoms with Crippen LogP contribution in [0.25, 0.3) is 22.0 Å². The molecule has 3 heterocycles. The third-order valence-electron chi connectivity index (χ3n) is 6.26. The number of pyridine rings is 1. The number of aromatic nitrogens is 2. The molecule has 8 nitrogen and oxygen atoms in total. The SMILES string of the molecule is Cn1cc2c3c(c[nH]c3c1=O)CN(C(=O)Nc1ccc(F)c(C(F)(F)F)c1)c1ccc(CS(C)(=O)=O)cc1-2. The molecule has 2 N–H and O–H groups in total. The van der Waals surface area contributed by atoms with Crippen LogP contribution in [0.15, 0.2) is 53.6 Å². The van der Waals surface area contributed by atoms with Crippen LogP contribution in [-0.4, -0.2) is 30.3 Å². The average Bonchev–Trinajstić information content (AvgIpc) is 3.18. The number of hydrogen-bond acceptors (Lipinski definition) is 4. The van der Waals surface area contributed by atoms with Crippen LogP contribution in [0.5, 0.6) is 0 Å². The molecule has 13 heteroatoms. The van der Waals surface area contributed by atoms with Crippen LogP contribution in [-0.2, 0) is 35.4 Å². The fourth-order valence-electron chi connectivity index (χ4n) is 4.64. The molecule has 0 unspecified atom stereocenters. The molecule has 0 bridgehead atoms. The molecule has 4 aromatic rings. The smallest absolute Gasteiger partial charge is 0.356 e. The third-order valence-corrected chi connectivity index (χ3v) is 7.11. The van der Waals surface area contributed by atoms with Crippen molar-refractivity contribution in [3.63, 3.8) is 0 Å². The van der Waals surface area contributed by atoms with Gasteiger partial charge in [-0.1, -0.05) is 6.07 Å². The van der Waals surface area contributed by atoms with Crippen LogP contribution in [0.1, 0.15) is 16.7 Å². The van der Waals surface area contributed by atoms with E-state index < -0.39 is 33.4 Å². The fourth-order valence-corrected chi connectivity index (χ4v) is 5.42. The number of amides is 2. The summed E-state index contributed by atoms with van der Waals surface area (Å²) in [5.41, 5.74) is 0.562. The Morgan fingerprint density at radius 2 is 1.87 bits per heavy atom. The predicted molar refractivity (Wildman–Crippen MR) is 134 cm³/mol. The Labute approximate surface area is 213 Å². The van der Waals surface area contributed by atoms with Crippen LogP contribution < -0.4 is 15.8 Å². The molecule has 0 aliphatic carbocycles. The number of anilines is 2. The average molecular weight is 549 g/mol. The summed E-state index contributed by atoms with van der Waals surface area (Å²) in [6.07, 6.45) is -0.716. The minimum atomic E-state index is -4.96. The van der Waals surface area contributed by atoms with Gasteiger partial charge in [0, 0.05) is 47.9 Å². The molecule has 2 amide bonds. The van der Waals surface area contributed by atoms with Gasteiger partial charge < -0.3 is 14.9 Å². The number of fused-ring (bicyclic) bond motifs is 2. The topological polar surface area (TPSA) is 104 Å². The van der Waals surface area contributed by atoms with Gasteiger partial charge >= 0.3 is 12.2 Å². The molecule has 0 radical (unpaired) electrons. The zero-order chi connectivity index (χ0) is 27.6. The van der Waals surface area contributed by atoms with Crippen LogP contribution >= 0.6 is 0 Å². The zero-order valence-corrected chi connectivity index (χ0v) is 20.8. The number of aryl methyl sites for hydroxylation is 1. The van der Waals surface area contributed by atoms with E-state index >= 15 is 0 Å². The standard InChI is InChI=1S/C25H20F4N4O4S/c1-32-11-17-16-7-13(12-38(2,36)37)3-6-20(16)33(10-14-9-30-22(21(14)17)23(32)34)24(35)31-15-4-5-19(26)18(8-15)25(27,28)29/h3-9,11,30H,10,12H2,1-2H3,(H,31,35). The molecule has 0 fully saturated rings. The van der Waals surface area contributed by atoms with Crippen LogP contribution in [0.4, 0.5) is 33.7 Å². The summed E-state index contributed by atoms with van der Waals surface area (Å²) in [6, 6.07) is 6.04. The Kier molecular flexibility index (Phi) is 5.86. The van der Waals surface area contributed by atoms with Crippen molar-refractivity contribution in [2.75, 3.05) is 16.5 Å². The number of benzene rings is 2. The summed E-state index contributed by atoms with van der Waals surface area (Å²) in [5, 5.41) is 2.94. The first-order valence-electron chi connectivity index (χ1n) is 11.2. The van der Waals surface area contributed by atoms with Gasteiger partial charge in [-0.15, -0.1) is 0 Å². The van der Waals surface area contributed by atoms with Crippen molar-refractivity contribution in [3.05, 3.63) is 81.7 Å². The molecule has 1 aliphatic rings. The van der Waals surface area contributed by atoms with E-state index in [1.54, 1.807) is 37.6 Å². The van der Waals surface area contributed by atoms with Gasteiger partial charge in [-0.3, -0.25) is 9.69 Å². The summed E-state index contributed by atoms with van der Waals surface area (Å²) in [6.45, 7) is -0.0578. The molecule has 5 rings (SSSR count). The highest BCUT2D eigenvalue weighted by atomic mass is 32.2. The van der Waals surface area contributed by atoms with Gasteiger partial charge in [0.1, 0.15) is 11.3 Å². The fraction of sp³-hybridized carbons (Fsp3) is 0.200. The monoisotopic (exact) mass is 548 g/mol. The first-order valence-corrected chi connectivity index (χ1v) is 13.2. The van der Waals surface area contributed by atoms with Crippen molar-refractivity contribution >= 4 is 38.1 Å². The number of halogens is 4. The van der Waals surface area contributed by atoms with Crippen molar-refractivity contribution in [1.29, 1.82) is 0 Å². The number of hydrogen-bond donors (Lipinski definition) is 2. The van der Waals surface area contributed by atoms with Gasteiger partial charge in [0.2, 0.25) is 0 Å². The Balaban J connectivity index is 1.65. The van der Waals surface area contributed by atoms with Crippen LogP contribution in [0.2, 0.25) is 0 Å². The van der Waals surface area contributed by atoms with E-state index in [9.17, 15) is 35.6 Å². The summed E-state index contributed by atoms with van der Waals surface area (Å²) in [5.74, 6) is -1.74. The second-order valence-electron chi connectivity index (χ2n) is 9.15. The Morgan fingerprint density at radius 3 is 2.55 bits per heavy atom. The second-order valence-corrected chi connectivity index (χ2v) is 11.3. The number of rotatable bonds is 3. The number of aromatic amines is 1. The van der Waals surface area contributed by atoms with Crippen molar-refractivity contribution in [1.82, 2.24) is 9.55 Å². The van der Waals surface area contributed by atoms with Crippen molar-refractivity contribution < 1.29 is 30.8 Å². The number of carbonyl (C=O) groups excluding carboxylic acids is 1. The van der Waals surface area contributed by atoms with Crippen LogP contribution in [0, 0.1) is 5.82 Å². The van der Waals surface area contributed by atoms with E-state index in [1.165, 1.54) is 9.47 Å². The largest absolute Gasteiger partial charge is 0.419 e. The Hall–Kier alpha value is -4.13. The van der Waals surface area contributed by atoms with Gasteiger partial charge in [0.05, 0.1) is 23.5 Å². The highest BCUT2D eigenvalue weighted by Crippen LogP contribution is 2.41. The van der Waals surface area contributed by atoms with Gasteiger partial charge in [-0.2, -0.15) is 13.2 Å². The lowest BCUT2D eigenvalue weighted by Crippen LogP contribution is -2.34. The maximum Gasteiger partial charge on any atom is 0.419 e. The number of nitrogens with zero attached hydrogens (tertiary/aromatic N) is 2. The van der Waals surface area contributed by atoms with E-state index in [0.717, 1.165) is 12.3 Å². The molecule has 38 heavy (non-hydrogen) atoms. The third kappa shape index (κ3) is 4.53. The van der Waals surface area contributed by atoms with Gasteiger partial charge in [0.15, 0.2) is 9.84 Å². The molecule has 0 spiro atoms.